The first-order valence-corrected chi connectivity index (χ1v) is 7.16. The SMILES string of the molecule is CCCOc1ccnc(OC2CCCCC2CN)n1. The highest BCUT2D eigenvalue weighted by Gasteiger charge is 2.26. The molecular weight excluding hydrogens is 242 g/mol. The lowest BCUT2D eigenvalue weighted by atomic mass is 9.86. The molecule has 2 atom stereocenters. The van der Waals surface area contributed by atoms with Gasteiger partial charge in [0.25, 0.3) is 0 Å². The summed E-state index contributed by atoms with van der Waals surface area (Å²) in [5.41, 5.74) is 5.80. The molecule has 1 aromatic heterocycles. The van der Waals surface area contributed by atoms with E-state index in [2.05, 4.69) is 16.9 Å². The Morgan fingerprint density at radius 3 is 3.00 bits per heavy atom. The predicted octanol–water partition coefficient (Wildman–Crippen LogP) is 2.16. The molecule has 2 rings (SSSR count). The third-order valence-electron chi connectivity index (χ3n) is 3.46. The maximum atomic E-state index is 5.90. The summed E-state index contributed by atoms with van der Waals surface area (Å²) in [6.45, 7) is 3.38. The summed E-state index contributed by atoms with van der Waals surface area (Å²) >= 11 is 0. The molecule has 0 saturated heterocycles. The Morgan fingerprint density at radius 2 is 2.21 bits per heavy atom. The largest absolute Gasteiger partial charge is 0.478 e. The zero-order valence-electron chi connectivity index (χ0n) is 11.5. The van der Waals surface area contributed by atoms with Crippen LogP contribution in [0.4, 0.5) is 0 Å². The van der Waals surface area contributed by atoms with Crippen molar-refractivity contribution < 1.29 is 9.47 Å². The van der Waals surface area contributed by atoms with Crippen LogP contribution in [0.25, 0.3) is 0 Å². The first-order chi connectivity index (χ1) is 9.33. The van der Waals surface area contributed by atoms with E-state index in [1.165, 1.54) is 12.8 Å². The second kappa shape index (κ2) is 7.28. The summed E-state index contributed by atoms with van der Waals surface area (Å²) in [5.74, 6) is 0.990. The molecule has 5 nitrogen and oxygen atoms in total. The van der Waals surface area contributed by atoms with E-state index >= 15 is 0 Å². The first kappa shape index (κ1) is 14.1. The molecule has 106 valence electrons. The standard InChI is InChI=1S/C14H23N3O2/c1-2-9-18-13-7-8-16-14(17-13)19-12-6-4-3-5-11(12)10-15/h7-8,11-12H,2-6,9-10,15H2,1H3. The summed E-state index contributed by atoms with van der Waals surface area (Å²) in [7, 11) is 0. The Labute approximate surface area is 114 Å². The molecule has 0 radical (unpaired) electrons. The molecule has 2 unspecified atom stereocenters. The molecule has 1 aliphatic carbocycles. The molecule has 1 aliphatic rings. The van der Waals surface area contributed by atoms with E-state index in [0.717, 1.165) is 19.3 Å². The van der Waals surface area contributed by atoms with E-state index in [1.807, 2.05) is 0 Å². The van der Waals surface area contributed by atoms with Crippen molar-refractivity contribution in [2.24, 2.45) is 11.7 Å². The van der Waals surface area contributed by atoms with Gasteiger partial charge in [0.15, 0.2) is 0 Å². The lowest BCUT2D eigenvalue weighted by Crippen LogP contribution is -2.35. The first-order valence-electron chi connectivity index (χ1n) is 7.16. The van der Waals surface area contributed by atoms with Gasteiger partial charge in [-0.2, -0.15) is 4.98 Å². The molecule has 2 N–H and O–H groups in total. The minimum atomic E-state index is 0.139. The van der Waals surface area contributed by atoms with Crippen molar-refractivity contribution in [3.63, 3.8) is 0 Å². The zero-order valence-corrected chi connectivity index (χ0v) is 11.5. The van der Waals surface area contributed by atoms with Gasteiger partial charge in [-0.25, -0.2) is 4.98 Å². The summed E-state index contributed by atoms with van der Waals surface area (Å²) in [6, 6.07) is 2.16. The van der Waals surface area contributed by atoms with E-state index in [0.29, 0.717) is 31.0 Å². The van der Waals surface area contributed by atoms with Gasteiger partial charge < -0.3 is 15.2 Å². The van der Waals surface area contributed by atoms with E-state index in [-0.39, 0.29) is 6.10 Å². The van der Waals surface area contributed by atoms with Crippen LogP contribution in [0.1, 0.15) is 39.0 Å². The summed E-state index contributed by atoms with van der Waals surface area (Å²) in [4.78, 5) is 8.43. The topological polar surface area (TPSA) is 70.3 Å². The van der Waals surface area contributed by atoms with Gasteiger partial charge in [0.2, 0.25) is 5.88 Å². The minimum Gasteiger partial charge on any atom is -0.478 e. The highest BCUT2D eigenvalue weighted by atomic mass is 16.5. The fraction of sp³-hybridized carbons (Fsp3) is 0.714. The van der Waals surface area contributed by atoms with Crippen LogP contribution in [0.15, 0.2) is 12.3 Å². The van der Waals surface area contributed by atoms with Crippen LogP contribution in [0.3, 0.4) is 0 Å². The zero-order chi connectivity index (χ0) is 13.5. The molecule has 1 saturated carbocycles. The van der Waals surface area contributed by atoms with Gasteiger partial charge in [0.05, 0.1) is 6.61 Å². The fourth-order valence-corrected chi connectivity index (χ4v) is 2.40. The maximum absolute atomic E-state index is 5.90. The van der Waals surface area contributed by atoms with Crippen LogP contribution in [0.2, 0.25) is 0 Å². The Hall–Kier alpha value is -1.36. The van der Waals surface area contributed by atoms with E-state index in [1.54, 1.807) is 12.3 Å². The summed E-state index contributed by atoms with van der Waals surface area (Å²) < 4.78 is 11.4. The van der Waals surface area contributed by atoms with Gasteiger partial charge in [-0.05, 0) is 32.2 Å². The molecule has 0 bridgehead atoms. The smallest absolute Gasteiger partial charge is 0.319 e. The van der Waals surface area contributed by atoms with Crippen LogP contribution < -0.4 is 15.2 Å². The van der Waals surface area contributed by atoms with Crippen molar-refractivity contribution in [1.82, 2.24) is 9.97 Å². The average Bonchev–Trinajstić information content (AvgIpc) is 2.46. The monoisotopic (exact) mass is 265 g/mol. The Balaban J connectivity index is 1.97. The van der Waals surface area contributed by atoms with Crippen molar-refractivity contribution in [2.45, 2.75) is 45.1 Å². The van der Waals surface area contributed by atoms with Crippen LogP contribution in [0, 0.1) is 5.92 Å². The quantitative estimate of drug-likeness (QED) is 0.853. The Bertz CT molecular complexity index is 387. The van der Waals surface area contributed by atoms with Gasteiger partial charge >= 0.3 is 6.01 Å². The van der Waals surface area contributed by atoms with Gasteiger partial charge in [0.1, 0.15) is 6.10 Å². The Morgan fingerprint density at radius 1 is 1.37 bits per heavy atom. The number of ether oxygens (including phenoxy) is 2. The van der Waals surface area contributed by atoms with Crippen molar-refractivity contribution in [3.05, 3.63) is 12.3 Å². The second-order valence-electron chi connectivity index (χ2n) is 4.96. The number of aromatic nitrogens is 2. The molecule has 0 aromatic carbocycles. The van der Waals surface area contributed by atoms with Crippen molar-refractivity contribution in [3.8, 4) is 11.9 Å². The van der Waals surface area contributed by atoms with Gasteiger partial charge in [-0.1, -0.05) is 13.3 Å². The predicted molar refractivity (Wildman–Crippen MR) is 73.2 cm³/mol. The van der Waals surface area contributed by atoms with E-state index < -0.39 is 0 Å². The summed E-state index contributed by atoms with van der Waals surface area (Å²) in [5, 5.41) is 0. The normalized spacial score (nSPS) is 23.1. The Kier molecular flexibility index (Phi) is 5.39. The minimum absolute atomic E-state index is 0.139. The lowest BCUT2D eigenvalue weighted by molar-refractivity contribution is 0.0861. The van der Waals surface area contributed by atoms with E-state index in [4.69, 9.17) is 15.2 Å². The highest BCUT2D eigenvalue weighted by Crippen LogP contribution is 2.27. The molecule has 5 heteroatoms. The molecular formula is C14H23N3O2. The van der Waals surface area contributed by atoms with Gasteiger partial charge in [-0.3, -0.25) is 0 Å². The number of hydrogen-bond donors (Lipinski definition) is 1. The fourth-order valence-electron chi connectivity index (χ4n) is 2.40. The van der Waals surface area contributed by atoms with Crippen LogP contribution >= 0.6 is 0 Å². The van der Waals surface area contributed by atoms with E-state index in [9.17, 15) is 0 Å². The van der Waals surface area contributed by atoms with Crippen LogP contribution in [-0.2, 0) is 0 Å². The molecule has 19 heavy (non-hydrogen) atoms. The highest BCUT2D eigenvalue weighted by molar-refractivity contribution is 5.11. The second-order valence-corrected chi connectivity index (χ2v) is 4.96. The molecule has 0 spiro atoms. The van der Waals surface area contributed by atoms with Crippen molar-refractivity contribution in [2.75, 3.05) is 13.2 Å². The average molecular weight is 265 g/mol. The van der Waals surface area contributed by atoms with Crippen LogP contribution in [-0.4, -0.2) is 29.2 Å². The molecule has 1 aromatic rings. The van der Waals surface area contributed by atoms with Crippen molar-refractivity contribution >= 4 is 0 Å². The number of rotatable bonds is 6. The third kappa shape index (κ3) is 4.06. The number of nitrogens with two attached hydrogens (primary N) is 1. The van der Waals surface area contributed by atoms with Gasteiger partial charge in [0, 0.05) is 18.2 Å². The van der Waals surface area contributed by atoms with Crippen LogP contribution in [0.5, 0.6) is 11.9 Å². The molecule has 0 aliphatic heterocycles. The number of nitrogens with zero attached hydrogens (tertiary/aromatic N) is 2. The molecule has 1 heterocycles. The third-order valence-corrected chi connectivity index (χ3v) is 3.46. The maximum Gasteiger partial charge on any atom is 0.319 e. The lowest BCUT2D eigenvalue weighted by Gasteiger charge is -2.30. The summed E-state index contributed by atoms with van der Waals surface area (Å²) in [6.07, 6.45) is 7.36. The molecule has 0 amide bonds. The molecule has 1 fully saturated rings. The van der Waals surface area contributed by atoms with Gasteiger partial charge in [-0.15, -0.1) is 0 Å². The van der Waals surface area contributed by atoms with Crippen molar-refractivity contribution in [1.29, 1.82) is 0 Å². The number of hydrogen-bond acceptors (Lipinski definition) is 5.